The molecular weight excluding hydrogens is 303 g/mol. The molecule has 0 unspecified atom stereocenters. The smallest absolute Gasteiger partial charge is 0.326 e. The van der Waals surface area contributed by atoms with Gasteiger partial charge in [0.25, 0.3) is 11.5 Å². The van der Waals surface area contributed by atoms with Crippen molar-refractivity contribution in [1.29, 1.82) is 0 Å². The maximum Gasteiger partial charge on any atom is 0.326 e. The van der Waals surface area contributed by atoms with Crippen molar-refractivity contribution in [3.63, 3.8) is 0 Å². The average molecular weight is 318 g/mol. The summed E-state index contributed by atoms with van der Waals surface area (Å²) in [5.41, 5.74) is 5.07. The Morgan fingerprint density at radius 1 is 1.35 bits per heavy atom. The minimum atomic E-state index is -0.812. The third-order valence-electron chi connectivity index (χ3n) is 4.10. The first kappa shape index (κ1) is 15.0. The number of nitrogens with one attached hydrogen (secondary N) is 2. The molecule has 0 radical (unpaired) electrons. The Balaban J connectivity index is 2.02. The van der Waals surface area contributed by atoms with Gasteiger partial charge in [0.1, 0.15) is 17.2 Å². The summed E-state index contributed by atoms with van der Waals surface area (Å²) in [5.74, 6) is -0.943. The minimum Gasteiger partial charge on any atom is -0.392 e. The van der Waals surface area contributed by atoms with Gasteiger partial charge in [0.2, 0.25) is 0 Å². The number of aromatic nitrogens is 2. The lowest BCUT2D eigenvalue weighted by Crippen LogP contribution is -2.41. The molecule has 7 nitrogen and oxygen atoms in total. The van der Waals surface area contributed by atoms with Crippen LogP contribution in [0.4, 0.5) is 10.1 Å². The lowest BCUT2D eigenvalue weighted by molar-refractivity contribution is 0.0671. The molecule has 2 heterocycles. The Labute approximate surface area is 129 Å². The molecular formula is C15H15FN4O3. The van der Waals surface area contributed by atoms with Crippen LogP contribution in [0.3, 0.4) is 0 Å². The first-order chi connectivity index (χ1) is 10.9. The number of nitrogen functional groups attached to an aromatic ring is 1. The number of carbonyl (C=O) groups is 1. The average Bonchev–Trinajstić information content (AvgIpc) is 2.51. The van der Waals surface area contributed by atoms with Crippen LogP contribution in [0.25, 0.3) is 0 Å². The predicted octanol–water partition coefficient (Wildman–Crippen LogP) is 0.544. The van der Waals surface area contributed by atoms with Gasteiger partial charge in [-0.25, -0.2) is 9.18 Å². The van der Waals surface area contributed by atoms with Crippen LogP contribution in [-0.4, -0.2) is 27.3 Å². The third kappa shape index (κ3) is 2.52. The van der Waals surface area contributed by atoms with Crippen molar-refractivity contribution in [2.24, 2.45) is 0 Å². The fourth-order valence-electron chi connectivity index (χ4n) is 2.87. The van der Waals surface area contributed by atoms with E-state index in [-0.39, 0.29) is 17.2 Å². The van der Waals surface area contributed by atoms with Crippen molar-refractivity contribution in [2.45, 2.75) is 19.4 Å². The number of carbonyl (C=O) groups excluding carboxylic acids is 1. The Kier molecular flexibility index (Phi) is 3.51. The van der Waals surface area contributed by atoms with Gasteiger partial charge in [0.15, 0.2) is 0 Å². The highest BCUT2D eigenvalue weighted by atomic mass is 19.1. The molecule has 4 N–H and O–H groups in total. The van der Waals surface area contributed by atoms with Crippen LogP contribution in [0.5, 0.6) is 0 Å². The number of H-pyrrole nitrogens is 2. The SMILES string of the molecule is C[C@@H]1c2cc(F)ccc2CCN1C(=O)c1[nH]c(=O)[nH]c(=O)c1N. The summed E-state index contributed by atoms with van der Waals surface area (Å²) in [6.45, 7) is 2.14. The topological polar surface area (TPSA) is 112 Å². The first-order valence-corrected chi connectivity index (χ1v) is 7.10. The van der Waals surface area contributed by atoms with E-state index in [9.17, 15) is 18.8 Å². The maximum atomic E-state index is 13.5. The zero-order chi connectivity index (χ0) is 16.7. The standard InChI is InChI=1S/C15H15FN4O3/c1-7-10-6-9(16)3-2-8(10)4-5-20(7)14(22)12-11(17)13(21)19-15(23)18-12/h2-3,6-7H,4-5,17H2,1H3,(H2,18,19,21,23)/t7-/m1/s1. The molecule has 1 atom stereocenters. The second-order valence-electron chi connectivity index (χ2n) is 5.46. The van der Waals surface area contributed by atoms with Gasteiger partial charge >= 0.3 is 5.69 Å². The van der Waals surface area contributed by atoms with Crippen molar-refractivity contribution < 1.29 is 9.18 Å². The van der Waals surface area contributed by atoms with Crippen molar-refractivity contribution in [2.75, 3.05) is 12.3 Å². The minimum absolute atomic E-state index is 0.245. The number of fused-ring (bicyclic) bond motifs is 1. The number of hydrogen-bond donors (Lipinski definition) is 3. The van der Waals surface area contributed by atoms with E-state index in [1.807, 2.05) is 4.98 Å². The molecule has 0 fully saturated rings. The molecule has 1 amide bonds. The van der Waals surface area contributed by atoms with E-state index >= 15 is 0 Å². The van der Waals surface area contributed by atoms with E-state index in [0.717, 1.165) is 5.56 Å². The Hall–Kier alpha value is -2.90. The van der Waals surface area contributed by atoms with Crippen LogP contribution in [0.1, 0.15) is 34.6 Å². The number of halogens is 1. The molecule has 0 saturated heterocycles. The van der Waals surface area contributed by atoms with Gasteiger partial charge in [-0.3, -0.25) is 14.6 Å². The highest BCUT2D eigenvalue weighted by Crippen LogP contribution is 2.31. The largest absolute Gasteiger partial charge is 0.392 e. The van der Waals surface area contributed by atoms with Crippen LogP contribution in [0.15, 0.2) is 27.8 Å². The number of rotatable bonds is 1. The van der Waals surface area contributed by atoms with E-state index in [0.29, 0.717) is 18.5 Å². The van der Waals surface area contributed by atoms with Crippen LogP contribution < -0.4 is 17.0 Å². The normalized spacial score (nSPS) is 17.0. The van der Waals surface area contributed by atoms with Crippen molar-refractivity contribution >= 4 is 11.6 Å². The lowest BCUT2D eigenvalue weighted by atomic mass is 9.93. The van der Waals surface area contributed by atoms with E-state index in [4.69, 9.17) is 5.73 Å². The fourth-order valence-corrected chi connectivity index (χ4v) is 2.87. The third-order valence-corrected chi connectivity index (χ3v) is 4.10. The second-order valence-corrected chi connectivity index (χ2v) is 5.46. The molecule has 120 valence electrons. The van der Waals surface area contributed by atoms with Crippen LogP contribution in [-0.2, 0) is 6.42 Å². The number of amides is 1. The molecule has 1 aliphatic heterocycles. The van der Waals surface area contributed by atoms with E-state index in [1.54, 1.807) is 13.0 Å². The summed E-state index contributed by atoms with van der Waals surface area (Å²) in [5, 5.41) is 0. The molecule has 0 aliphatic carbocycles. The maximum absolute atomic E-state index is 13.5. The molecule has 0 spiro atoms. The van der Waals surface area contributed by atoms with Crippen molar-refractivity contribution in [1.82, 2.24) is 14.9 Å². The summed E-state index contributed by atoms with van der Waals surface area (Å²) >= 11 is 0. The van der Waals surface area contributed by atoms with Crippen LogP contribution >= 0.6 is 0 Å². The predicted molar refractivity (Wildman–Crippen MR) is 81.7 cm³/mol. The van der Waals surface area contributed by atoms with Gasteiger partial charge in [0, 0.05) is 6.54 Å². The molecule has 0 saturated carbocycles. The highest BCUT2D eigenvalue weighted by molar-refractivity contribution is 5.97. The monoisotopic (exact) mass is 318 g/mol. The Morgan fingerprint density at radius 2 is 2.09 bits per heavy atom. The Bertz CT molecular complexity index is 902. The molecule has 23 heavy (non-hydrogen) atoms. The molecule has 3 rings (SSSR count). The number of hydrogen-bond acceptors (Lipinski definition) is 4. The summed E-state index contributed by atoms with van der Waals surface area (Å²) < 4.78 is 13.5. The summed E-state index contributed by atoms with van der Waals surface area (Å²) in [4.78, 5) is 41.3. The zero-order valence-electron chi connectivity index (χ0n) is 12.4. The van der Waals surface area contributed by atoms with Crippen molar-refractivity contribution in [3.8, 4) is 0 Å². The zero-order valence-corrected chi connectivity index (χ0v) is 12.4. The fraction of sp³-hybridized carbons (Fsp3) is 0.267. The van der Waals surface area contributed by atoms with Gasteiger partial charge in [-0.1, -0.05) is 6.07 Å². The molecule has 8 heteroatoms. The lowest BCUT2D eigenvalue weighted by Gasteiger charge is -2.35. The molecule has 1 aromatic heterocycles. The quantitative estimate of drug-likeness (QED) is 0.712. The summed E-state index contributed by atoms with van der Waals surface area (Å²) in [6.07, 6.45) is 0.555. The number of anilines is 1. The number of aromatic amines is 2. The second kappa shape index (κ2) is 5.38. The van der Waals surface area contributed by atoms with E-state index in [1.165, 1.54) is 17.0 Å². The Morgan fingerprint density at radius 3 is 2.83 bits per heavy atom. The molecule has 0 bridgehead atoms. The number of nitrogens with two attached hydrogens (primary N) is 1. The molecule has 2 aromatic rings. The van der Waals surface area contributed by atoms with Gasteiger partial charge in [-0.15, -0.1) is 0 Å². The van der Waals surface area contributed by atoms with E-state index < -0.39 is 23.2 Å². The molecule has 1 aliphatic rings. The van der Waals surface area contributed by atoms with Gasteiger partial charge in [-0.2, -0.15) is 0 Å². The van der Waals surface area contributed by atoms with E-state index in [2.05, 4.69) is 4.98 Å². The van der Waals surface area contributed by atoms with Gasteiger partial charge < -0.3 is 15.6 Å². The molecule has 1 aromatic carbocycles. The first-order valence-electron chi connectivity index (χ1n) is 7.10. The number of benzene rings is 1. The summed E-state index contributed by atoms with van der Waals surface area (Å²) in [7, 11) is 0. The van der Waals surface area contributed by atoms with Crippen molar-refractivity contribution in [3.05, 3.63) is 61.7 Å². The summed E-state index contributed by atoms with van der Waals surface area (Å²) in [6, 6.07) is 4.08. The van der Waals surface area contributed by atoms with Crippen LogP contribution in [0, 0.1) is 5.82 Å². The van der Waals surface area contributed by atoms with Gasteiger partial charge in [0.05, 0.1) is 6.04 Å². The highest BCUT2D eigenvalue weighted by Gasteiger charge is 2.30. The van der Waals surface area contributed by atoms with Crippen LogP contribution in [0.2, 0.25) is 0 Å². The number of nitrogens with zero attached hydrogens (tertiary/aromatic N) is 1. The van der Waals surface area contributed by atoms with Gasteiger partial charge in [-0.05, 0) is 36.6 Å².